The molecule has 8 heavy (non-hydrogen) atoms. The maximum atomic E-state index is 4.04. The molecule has 1 aromatic rings. The van der Waals surface area contributed by atoms with Crippen LogP contribution in [-0.2, 0) is 0 Å². The highest BCUT2D eigenvalue weighted by Crippen LogP contribution is 2.14. The number of nitrogens with one attached hydrogen (secondary N) is 1. The summed E-state index contributed by atoms with van der Waals surface area (Å²) in [7, 11) is 1.88. The topological polar surface area (TPSA) is 24.9 Å². The second kappa shape index (κ2) is 2.13. The monoisotopic (exact) mass is 128 g/mol. The van der Waals surface area contributed by atoms with Gasteiger partial charge in [0, 0.05) is 11.9 Å². The Bertz CT molecular complexity index is 171. The SMILES string of the molecule is CNc1ncsc1C. The zero-order chi connectivity index (χ0) is 5.98. The van der Waals surface area contributed by atoms with Gasteiger partial charge in [0.1, 0.15) is 5.82 Å². The molecule has 1 heterocycles. The molecule has 0 saturated carbocycles. The molecule has 0 unspecified atom stereocenters. The Morgan fingerprint density at radius 3 is 2.75 bits per heavy atom. The third kappa shape index (κ3) is 0.816. The predicted molar refractivity (Wildman–Crippen MR) is 36.4 cm³/mol. The van der Waals surface area contributed by atoms with Gasteiger partial charge in [-0.15, -0.1) is 11.3 Å². The molecule has 1 N–H and O–H groups in total. The normalized spacial score (nSPS) is 9.25. The first kappa shape index (κ1) is 5.56. The van der Waals surface area contributed by atoms with E-state index in [-0.39, 0.29) is 0 Å². The molecular formula is C5H8N2S. The van der Waals surface area contributed by atoms with Crippen LogP contribution in [0.2, 0.25) is 0 Å². The molecule has 0 atom stereocenters. The van der Waals surface area contributed by atoms with E-state index >= 15 is 0 Å². The third-order valence-corrected chi connectivity index (χ3v) is 1.74. The van der Waals surface area contributed by atoms with E-state index in [0.29, 0.717) is 0 Å². The van der Waals surface area contributed by atoms with Gasteiger partial charge in [-0.25, -0.2) is 4.98 Å². The third-order valence-electron chi connectivity index (χ3n) is 0.982. The molecule has 0 aromatic carbocycles. The van der Waals surface area contributed by atoms with Crippen molar-refractivity contribution in [3.05, 3.63) is 10.4 Å². The van der Waals surface area contributed by atoms with Gasteiger partial charge in [-0.3, -0.25) is 0 Å². The van der Waals surface area contributed by atoms with Crippen LogP contribution in [0.4, 0.5) is 5.82 Å². The number of rotatable bonds is 1. The summed E-state index contributed by atoms with van der Waals surface area (Å²) >= 11 is 1.66. The zero-order valence-corrected chi connectivity index (χ0v) is 5.75. The van der Waals surface area contributed by atoms with E-state index in [4.69, 9.17) is 0 Å². The second-order valence-electron chi connectivity index (χ2n) is 1.51. The van der Waals surface area contributed by atoms with Gasteiger partial charge in [0.2, 0.25) is 0 Å². The van der Waals surface area contributed by atoms with E-state index in [1.165, 1.54) is 4.88 Å². The van der Waals surface area contributed by atoms with Gasteiger partial charge in [0.15, 0.2) is 0 Å². The molecular weight excluding hydrogens is 120 g/mol. The summed E-state index contributed by atoms with van der Waals surface area (Å²) in [6.07, 6.45) is 0. The number of anilines is 1. The summed E-state index contributed by atoms with van der Waals surface area (Å²) in [5.74, 6) is 0.995. The van der Waals surface area contributed by atoms with Gasteiger partial charge in [-0.05, 0) is 6.92 Å². The average Bonchev–Trinajstić information content (AvgIpc) is 2.14. The van der Waals surface area contributed by atoms with Gasteiger partial charge < -0.3 is 5.32 Å². The Balaban J connectivity index is 2.92. The van der Waals surface area contributed by atoms with Crippen LogP contribution in [-0.4, -0.2) is 12.0 Å². The summed E-state index contributed by atoms with van der Waals surface area (Å²) in [6.45, 7) is 2.05. The van der Waals surface area contributed by atoms with Crippen LogP contribution in [0.15, 0.2) is 5.51 Å². The van der Waals surface area contributed by atoms with Crippen LogP contribution in [0.5, 0.6) is 0 Å². The van der Waals surface area contributed by atoms with E-state index in [1.807, 2.05) is 19.5 Å². The fraction of sp³-hybridized carbons (Fsp3) is 0.400. The Kier molecular flexibility index (Phi) is 1.48. The fourth-order valence-corrected chi connectivity index (χ4v) is 1.13. The van der Waals surface area contributed by atoms with Crippen LogP contribution in [0.25, 0.3) is 0 Å². The summed E-state index contributed by atoms with van der Waals surface area (Å²) in [6, 6.07) is 0. The molecule has 44 valence electrons. The minimum Gasteiger partial charge on any atom is -0.372 e. The van der Waals surface area contributed by atoms with E-state index in [0.717, 1.165) is 5.82 Å². The Morgan fingerprint density at radius 1 is 1.75 bits per heavy atom. The van der Waals surface area contributed by atoms with Gasteiger partial charge in [-0.2, -0.15) is 0 Å². The van der Waals surface area contributed by atoms with Crippen molar-refractivity contribution < 1.29 is 0 Å². The van der Waals surface area contributed by atoms with Crippen molar-refractivity contribution >= 4 is 17.2 Å². The zero-order valence-electron chi connectivity index (χ0n) is 4.93. The van der Waals surface area contributed by atoms with Crippen LogP contribution >= 0.6 is 11.3 Å². The van der Waals surface area contributed by atoms with E-state index in [2.05, 4.69) is 10.3 Å². The summed E-state index contributed by atoms with van der Waals surface area (Å²) in [4.78, 5) is 5.28. The number of hydrogen-bond acceptors (Lipinski definition) is 3. The van der Waals surface area contributed by atoms with Crippen molar-refractivity contribution in [3.63, 3.8) is 0 Å². The Labute approximate surface area is 52.6 Å². The average molecular weight is 128 g/mol. The number of thiazole rings is 1. The molecule has 0 aliphatic carbocycles. The first-order valence-electron chi connectivity index (χ1n) is 2.42. The summed E-state index contributed by atoms with van der Waals surface area (Å²) < 4.78 is 0. The summed E-state index contributed by atoms with van der Waals surface area (Å²) in [5.41, 5.74) is 1.83. The van der Waals surface area contributed by atoms with Gasteiger partial charge in [0.25, 0.3) is 0 Å². The van der Waals surface area contributed by atoms with Gasteiger partial charge in [-0.1, -0.05) is 0 Å². The highest BCUT2D eigenvalue weighted by atomic mass is 32.1. The van der Waals surface area contributed by atoms with Crippen LogP contribution < -0.4 is 5.32 Å². The standard InChI is InChI=1S/C5H8N2S/c1-4-5(6-2)7-3-8-4/h3,6H,1-2H3. The molecule has 0 spiro atoms. The molecule has 1 rings (SSSR count). The smallest absolute Gasteiger partial charge is 0.139 e. The van der Waals surface area contributed by atoms with Crippen molar-refractivity contribution in [2.24, 2.45) is 0 Å². The molecule has 0 fully saturated rings. The van der Waals surface area contributed by atoms with Crippen molar-refractivity contribution in [2.45, 2.75) is 6.92 Å². The number of aromatic nitrogens is 1. The van der Waals surface area contributed by atoms with Crippen LogP contribution in [0, 0.1) is 6.92 Å². The van der Waals surface area contributed by atoms with Crippen molar-refractivity contribution in [3.8, 4) is 0 Å². The molecule has 3 heteroatoms. The van der Waals surface area contributed by atoms with E-state index in [9.17, 15) is 0 Å². The van der Waals surface area contributed by atoms with Crippen molar-refractivity contribution in [1.29, 1.82) is 0 Å². The minimum atomic E-state index is 0.995. The molecule has 0 radical (unpaired) electrons. The van der Waals surface area contributed by atoms with Gasteiger partial charge in [0.05, 0.1) is 5.51 Å². The van der Waals surface area contributed by atoms with Gasteiger partial charge >= 0.3 is 0 Å². The molecule has 0 aliphatic heterocycles. The molecule has 1 aromatic heterocycles. The lowest BCUT2D eigenvalue weighted by molar-refractivity contribution is 1.32. The Hall–Kier alpha value is -0.570. The molecule has 0 bridgehead atoms. The Morgan fingerprint density at radius 2 is 2.50 bits per heavy atom. The minimum absolute atomic E-state index is 0.995. The van der Waals surface area contributed by atoms with Crippen LogP contribution in [0.1, 0.15) is 4.88 Å². The number of nitrogens with zero attached hydrogens (tertiary/aromatic N) is 1. The number of hydrogen-bond donors (Lipinski definition) is 1. The second-order valence-corrected chi connectivity index (χ2v) is 2.57. The van der Waals surface area contributed by atoms with Crippen LogP contribution in [0.3, 0.4) is 0 Å². The summed E-state index contributed by atoms with van der Waals surface area (Å²) in [5, 5.41) is 2.97. The van der Waals surface area contributed by atoms with Crippen molar-refractivity contribution in [2.75, 3.05) is 12.4 Å². The fourth-order valence-electron chi connectivity index (χ4n) is 0.545. The molecule has 0 aliphatic rings. The number of aryl methyl sites for hydroxylation is 1. The lowest BCUT2D eigenvalue weighted by Gasteiger charge is -1.90. The first-order chi connectivity index (χ1) is 3.84. The largest absolute Gasteiger partial charge is 0.372 e. The highest BCUT2D eigenvalue weighted by molar-refractivity contribution is 7.10. The predicted octanol–water partition coefficient (Wildman–Crippen LogP) is 1.49. The van der Waals surface area contributed by atoms with E-state index < -0.39 is 0 Å². The van der Waals surface area contributed by atoms with E-state index in [1.54, 1.807) is 11.3 Å². The molecule has 0 amide bonds. The quantitative estimate of drug-likeness (QED) is 0.620. The lowest BCUT2D eigenvalue weighted by atomic mass is 10.5. The molecule has 0 saturated heterocycles. The molecule has 2 nitrogen and oxygen atoms in total. The lowest BCUT2D eigenvalue weighted by Crippen LogP contribution is -1.87. The first-order valence-corrected chi connectivity index (χ1v) is 3.30. The maximum absolute atomic E-state index is 4.04. The van der Waals surface area contributed by atoms with Crippen molar-refractivity contribution in [1.82, 2.24) is 4.98 Å². The highest BCUT2D eigenvalue weighted by Gasteiger charge is 1.93. The maximum Gasteiger partial charge on any atom is 0.139 e.